The standard InChI is InChI=1S/C16H19N3O3.ClH/c1-10-3-4-12-13(7-10)16(22)19(15(12)21)9-14(20)18-6-5-17-8-11(18)2;/h3-4,7,11,17H,5-6,8-9H2,1-2H3;1H. The van der Waals surface area contributed by atoms with Crippen molar-refractivity contribution >= 4 is 30.1 Å². The molecule has 0 spiro atoms. The second-order valence-electron chi connectivity index (χ2n) is 5.89. The minimum atomic E-state index is -0.379. The zero-order chi connectivity index (χ0) is 15.9. The van der Waals surface area contributed by atoms with Gasteiger partial charge in [0.25, 0.3) is 11.8 Å². The van der Waals surface area contributed by atoms with Crippen molar-refractivity contribution in [2.45, 2.75) is 19.9 Å². The van der Waals surface area contributed by atoms with Crippen LogP contribution in [0.3, 0.4) is 0 Å². The average molecular weight is 338 g/mol. The Kier molecular flexibility index (Phi) is 5.06. The van der Waals surface area contributed by atoms with E-state index in [4.69, 9.17) is 0 Å². The van der Waals surface area contributed by atoms with E-state index in [1.54, 1.807) is 23.1 Å². The first-order chi connectivity index (χ1) is 10.5. The number of piperazine rings is 1. The molecule has 0 aromatic heterocycles. The van der Waals surface area contributed by atoms with E-state index in [1.165, 1.54) is 0 Å². The molecule has 1 atom stereocenters. The van der Waals surface area contributed by atoms with Crippen LogP contribution in [-0.2, 0) is 4.79 Å². The number of benzene rings is 1. The maximum absolute atomic E-state index is 12.4. The number of fused-ring (bicyclic) bond motifs is 1. The maximum Gasteiger partial charge on any atom is 0.262 e. The zero-order valence-corrected chi connectivity index (χ0v) is 14.0. The van der Waals surface area contributed by atoms with E-state index in [2.05, 4.69) is 5.32 Å². The van der Waals surface area contributed by atoms with Crippen LogP contribution in [-0.4, -0.2) is 59.7 Å². The van der Waals surface area contributed by atoms with Gasteiger partial charge >= 0.3 is 0 Å². The van der Waals surface area contributed by atoms with Crippen LogP contribution in [0.1, 0.15) is 33.2 Å². The predicted octanol–water partition coefficient (Wildman–Crippen LogP) is 0.833. The molecule has 1 saturated heterocycles. The molecule has 23 heavy (non-hydrogen) atoms. The summed E-state index contributed by atoms with van der Waals surface area (Å²) in [6.07, 6.45) is 0. The fourth-order valence-corrected chi connectivity index (χ4v) is 2.99. The third kappa shape index (κ3) is 3.09. The van der Waals surface area contributed by atoms with E-state index < -0.39 is 0 Å². The van der Waals surface area contributed by atoms with E-state index in [0.29, 0.717) is 17.7 Å². The highest BCUT2D eigenvalue weighted by atomic mass is 35.5. The summed E-state index contributed by atoms with van der Waals surface area (Å²) < 4.78 is 0. The fourth-order valence-electron chi connectivity index (χ4n) is 2.99. The molecule has 0 bridgehead atoms. The first-order valence-electron chi connectivity index (χ1n) is 7.46. The Bertz CT molecular complexity index is 662. The number of nitrogens with zero attached hydrogens (tertiary/aromatic N) is 2. The third-order valence-corrected chi connectivity index (χ3v) is 4.24. The second-order valence-corrected chi connectivity index (χ2v) is 5.89. The van der Waals surface area contributed by atoms with E-state index in [1.807, 2.05) is 13.8 Å². The van der Waals surface area contributed by atoms with Gasteiger partial charge < -0.3 is 10.2 Å². The van der Waals surface area contributed by atoms with Crippen molar-refractivity contribution in [2.24, 2.45) is 0 Å². The molecule has 1 N–H and O–H groups in total. The first kappa shape index (κ1) is 17.4. The molecule has 1 fully saturated rings. The Morgan fingerprint density at radius 3 is 2.65 bits per heavy atom. The number of carbonyl (C=O) groups excluding carboxylic acids is 3. The highest BCUT2D eigenvalue weighted by Crippen LogP contribution is 2.24. The number of hydrogen-bond donors (Lipinski definition) is 1. The number of carbonyl (C=O) groups is 3. The number of nitrogens with one attached hydrogen (secondary N) is 1. The summed E-state index contributed by atoms with van der Waals surface area (Å²) in [5.74, 6) is -0.934. The summed E-state index contributed by atoms with van der Waals surface area (Å²) in [6, 6.07) is 5.22. The summed E-state index contributed by atoms with van der Waals surface area (Å²) in [4.78, 5) is 39.9. The number of amides is 3. The largest absolute Gasteiger partial charge is 0.336 e. The molecule has 3 rings (SSSR count). The molecule has 1 aromatic carbocycles. The van der Waals surface area contributed by atoms with Gasteiger partial charge in [0.05, 0.1) is 11.1 Å². The number of imide groups is 1. The van der Waals surface area contributed by atoms with Crippen LogP contribution >= 0.6 is 12.4 Å². The molecule has 2 aliphatic rings. The smallest absolute Gasteiger partial charge is 0.262 e. The van der Waals surface area contributed by atoms with Crippen LogP contribution in [0.25, 0.3) is 0 Å². The molecule has 0 aliphatic carbocycles. The van der Waals surface area contributed by atoms with Crippen molar-refractivity contribution in [1.82, 2.24) is 15.1 Å². The Morgan fingerprint density at radius 2 is 1.96 bits per heavy atom. The van der Waals surface area contributed by atoms with E-state index in [0.717, 1.165) is 23.6 Å². The van der Waals surface area contributed by atoms with Gasteiger partial charge in [-0.25, -0.2) is 0 Å². The topological polar surface area (TPSA) is 69.7 Å². The molecule has 2 heterocycles. The van der Waals surface area contributed by atoms with Crippen LogP contribution in [0.5, 0.6) is 0 Å². The van der Waals surface area contributed by atoms with Gasteiger partial charge in [-0.1, -0.05) is 11.6 Å². The maximum atomic E-state index is 12.4. The van der Waals surface area contributed by atoms with Gasteiger partial charge in [0, 0.05) is 25.7 Å². The lowest BCUT2D eigenvalue weighted by Gasteiger charge is -2.34. The summed E-state index contributed by atoms with van der Waals surface area (Å²) in [7, 11) is 0. The van der Waals surface area contributed by atoms with E-state index >= 15 is 0 Å². The quantitative estimate of drug-likeness (QED) is 0.812. The van der Waals surface area contributed by atoms with Gasteiger partial charge in [-0.15, -0.1) is 12.4 Å². The summed E-state index contributed by atoms with van der Waals surface area (Å²) in [5.41, 5.74) is 1.70. The molecule has 7 heteroatoms. The molecule has 0 saturated carbocycles. The van der Waals surface area contributed by atoms with Crippen molar-refractivity contribution in [3.8, 4) is 0 Å². The highest BCUT2D eigenvalue weighted by Gasteiger charge is 2.38. The van der Waals surface area contributed by atoms with Gasteiger partial charge in [0.2, 0.25) is 5.91 Å². The molecule has 6 nitrogen and oxygen atoms in total. The highest BCUT2D eigenvalue weighted by molar-refractivity contribution is 6.22. The average Bonchev–Trinajstić information content (AvgIpc) is 2.72. The molecular weight excluding hydrogens is 318 g/mol. The number of halogens is 1. The predicted molar refractivity (Wildman–Crippen MR) is 87.8 cm³/mol. The monoisotopic (exact) mass is 337 g/mol. The molecule has 1 aromatic rings. The number of aryl methyl sites for hydroxylation is 1. The Labute approximate surface area is 141 Å². The molecule has 0 radical (unpaired) electrons. The molecule has 1 unspecified atom stereocenters. The van der Waals surface area contributed by atoms with Crippen molar-refractivity contribution < 1.29 is 14.4 Å². The van der Waals surface area contributed by atoms with E-state index in [9.17, 15) is 14.4 Å². The van der Waals surface area contributed by atoms with E-state index in [-0.39, 0.29) is 42.7 Å². The third-order valence-electron chi connectivity index (χ3n) is 4.24. The molecule has 2 aliphatic heterocycles. The zero-order valence-electron chi connectivity index (χ0n) is 13.2. The van der Waals surface area contributed by atoms with Gasteiger partial charge in [0.15, 0.2) is 0 Å². The Hall–Kier alpha value is -1.92. The van der Waals surface area contributed by atoms with Gasteiger partial charge in [0.1, 0.15) is 6.54 Å². The number of hydrogen-bond acceptors (Lipinski definition) is 4. The van der Waals surface area contributed by atoms with Crippen molar-refractivity contribution in [3.63, 3.8) is 0 Å². The SMILES string of the molecule is Cc1ccc2c(c1)C(=O)N(CC(=O)N1CCNCC1C)C2=O.Cl. The van der Waals surface area contributed by atoms with Crippen molar-refractivity contribution in [1.29, 1.82) is 0 Å². The van der Waals surface area contributed by atoms with Crippen molar-refractivity contribution in [2.75, 3.05) is 26.2 Å². The van der Waals surface area contributed by atoms with Crippen LogP contribution in [0, 0.1) is 6.92 Å². The minimum absolute atomic E-state index is 0. The lowest BCUT2D eigenvalue weighted by molar-refractivity contribution is -0.134. The molecule has 3 amide bonds. The van der Waals surface area contributed by atoms with Crippen LogP contribution in [0.15, 0.2) is 18.2 Å². The Morgan fingerprint density at radius 1 is 1.26 bits per heavy atom. The molecule has 124 valence electrons. The summed E-state index contributed by atoms with van der Waals surface area (Å²) in [5, 5.41) is 3.21. The minimum Gasteiger partial charge on any atom is -0.336 e. The summed E-state index contributed by atoms with van der Waals surface area (Å²) >= 11 is 0. The lowest BCUT2D eigenvalue weighted by Crippen LogP contribution is -2.55. The second kappa shape index (κ2) is 6.68. The first-order valence-corrected chi connectivity index (χ1v) is 7.46. The summed E-state index contributed by atoms with van der Waals surface area (Å²) in [6.45, 7) is 5.70. The lowest BCUT2D eigenvalue weighted by atomic mass is 10.1. The van der Waals surface area contributed by atoms with Gasteiger partial charge in [-0.2, -0.15) is 0 Å². The normalized spacial score (nSPS) is 20.3. The van der Waals surface area contributed by atoms with Crippen LogP contribution in [0.2, 0.25) is 0 Å². The van der Waals surface area contributed by atoms with Crippen molar-refractivity contribution in [3.05, 3.63) is 34.9 Å². The fraction of sp³-hybridized carbons (Fsp3) is 0.438. The Balaban J connectivity index is 0.00000192. The van der Waals surface area contributed by atoms with Crippen LogP contribution < -0.4 is 5.32 Å². The number of rotatable bonds is 2. The van der Waals surface area contributed by atoms with Gasteiger partial charge in [-0.05, 0) is 26.0 Å². The van der Waals surface area contributed by atoms with Crippen LogP contribution in [0.4, 0.5) is 0 Å². The molecular formula is C16H20ClN3O3. The van der Waals surface area contributed by atoms with Gasteiger partial charge in [-0.3, -0.25) is 19.3 Å².